The van der Waals surface area contributed by atoms with Crippen LogP contribution in [0.4, 0.5) is 0 Å². The molecule has 0 radical (unpaired) electrons. The Bertz CT molecular complexity index is 860. The molecule has 2 heterocycles. The van der Waals surface area contributed by atoms with Crippen molar-refractivity contribution in [2.45, 2.75) is 30.6 Å². The highest BCUT2D eigenvalue weighted by molar-refractivity contribution is 7.89. The summed E-state index contributed by atoms with van der Waals surface area (Å²) in [5, 5.41) is 7.99. The quantitative estimate of drug-likeness (QED) is 0.783. The van der Waals surface area contributed by atoms with Crippen molar-refractivity contribution in [1.29, 1.82) is 0 Å². The SMILES string of the molecule is CC(=O)c1cccc(S(=O)(=O)N2CCCC(c3nncn3C)C2)c1. The van der Waals surface area contributed by atoms with E-state index in [2.05, 4.69) is 10.2 Å². The third-order valence-electron chi connectivity index (χ3n) is 4.37. The van der Waals surface area contributed by atoms with Gasteiger partial charge in [-0.3, -0.25) is 4.79 Å². The Morgan fingerprint density at radius 3 is 2.79 bits per heavy atom. The van der Waals surface area contributed by atoms with E-state index in [1.807, 2.05) is 11.6 Å². The van der Waals surface area contributed by atoms with Crippen molar-refractivity contribution in [1.82, 2.24) is 19.1 Å². The highest BCUT2D eigenvalue weighted by Crippen LogP contribution is 2.29. The predicted molar refractivity (Wildman–Crippen MR) is 88.2 cm³/mol. The van der Waals surface area contributed by atoms with Crippen molar-refractivity contribution < 1.29 is 13.2 Å². The summed E-state index contributed by atoms with van der Waals surface area (Å²) >= 11 is 0. The van der Waals surface area contributed by atoms with Crippen molar-refractivity contribution in [2.24, 2.45) is 7.05 Å². The molecule has 2 aromatic rings. The lowest BCUT2D eigenvalue weighted by Gasteiger charge is -2.31. The number of nitrogens with zero attached hydrogens (tertiary/aromatic N) is 4. The van der Waals surface area contributed by atoms with Crippen LogP contribution in [0.15, 0.2) is 35.5 Å². The van der Waals surface area contributed by atoms with Crippen molar-refractivity contribution >= 4 is 15.8 Å². The van der Waals surface area contributed by atoms with Gasteiger partial charge < -0.3 is 4.57 Å². The van der Waals surface area contributed by atoms with Gasteiger partial charge in [0.15, 0.2) is 5.78 Å². The molecule has 0 N–H and O–H groups in total. The summed E-state index contributed by atoms with van der Waals surface area (Å²) in [6.07, 6.45) is 3.27. The molecule has 24 heavy (non-hydrogen) atoms. The standard InChI is InChI=1S/C16H20N4O3S/c1-12(21)13-5-3-7-15(9-13)24(22,23)20-8-4-6-14(10-20)16-18-17-11-19(16)2/h3,5,7,9,11,14H,4,6,8,10H2,1-2H3. The number of hydrogen-bond acceptors (Lipinski definition) is 5. The Balaban J connectivity index is 1.88. The largest absolute Gasteiger partial charge is 0.320 e. The monoisotopic (exact) mass is 348 g/mol. The molecule has 1 unspecified atom stereocenters. The van der Waals surface area contributed by atoms with Gasteiger partial charge in [-0.1, -0.05) is 12.1 Å². The van der Waals surface area contributed by atoms with E-state index in [0.717, 1.165) is 18.7 Å². The third-order valence-corrected chi connectivity index (χ3v) is 6.24. The number of ketones is 1. The summed E-state index contributed by atoms with van der Waals surface area (Å²) in [4.78, 5) is 11.7. The Labute approximate surface area is 141 Å². The first-order valence-corrected chi connectivity index (χ1v) is 9.28. The average Bonchev–Trinajstić information content (AvgIpc) is 3.01. The Hall–Kier alpha value is -2.06. The van der Waals surface area contributed by atoms with E-state index in [4.69, 9.17) is 0 Å². The second kappa shape index (κ2) is 6.45. The molecule has 1 aliphatic rings. The fraction of sp³-hybridized carbons (Fsp3) is 0.438. The van der Waals surface area contributed by atoms with Crippen LogP contribution in [0.3, 0.4) is 0 Å². The molecule has 0 bridgehead atoms. The molecule has 1 fully saturated rings. The van der Waals surface area contributed by atoms with Crippen molar-refractivity contribution in [2.75, 3.05) is 13.1 Å². The number of piperidine rings is 1. The molecule has 7 nitrogen and oxygen atoms in total. The topological polar surface area (TPSA) is 85.2 Å². The number of benzene rings is 1. The number of hydrogen-bond donors (Lipinski definition) is 0. The van der Waals surface area contributed by atoms with Gasteiger partial charge in [0.05, 0.1) is 4.90 Å². The predicted octanol–water partition coefficient (Wildman–Crippen LogP) is 1.59. The lowest BCUT2D eigenvalue weighted by Crippen LogP contribution is -2.39. The summed E-state index contributed by atoms with van der Waals surface area (Å²) in [7, 11) is -1.77. The van der Waals surface area contributed by atoms with Gasteiger partial charge in [0.2, 0.25) is 10.0 Å². The molecule has 1 aromatic carbocycles. The van der Waals surface area contributed by atoms with Crippen LogP contribution in [0.25, 0.3) is 0 Å². The summed E-state index contributed by atoms with van der Waals surface area (Å²) in [5.74, 6) is 0.673. The second-order valence-corrected chi connectivity index (χ2v) is 8.02. The minimum Gasteiger partial charge on any atom is -0.320 e. The number of carbonyl (C=O) groups excluding carboxylic acids is 1. The van der Waals surface area contributed by atoms with E-state index < -0.39 is 10.0 Å². The van der Waals surface area contributed by atoms with Crippen molar-refractivity contribution in [3.63, 3.8) is 0 Å². The number of aryl methyl sites for hydroxylation is 1. The molecule has 3 rings (SSSR count). The van der Waals surface area contributed by atoms with Crippen LogP contribution in [0.5, 0.6) is 0 Å². The number of sulfonamides is 1. The van der Waals surface area contributed by atoms with Gasteiger partial charge in [0.1, 0.15) is 12.2 Å². The lowest BCUT2D eigenvalue weighted by molar-refractivity contribution is 0.101. The van der Waals surface area contributed by atoms with Gasteiger partial charge in [-0.15, -0.1) is 10.2 Å². The molecule has 8 heteroatoms. The second-order valence-electron chi connectivity index (χ2n) is 6.09. The highest BCUT2D eigenvalue weighted by atomic mass is 32.2. The zero-order chi connectivity index (χ0) is 17.3. The van der Waals surface area contributed by atoms with Gasteiger partial charge >= 0.3 is 0 Å². The molecule has 1 atom stereocenters. The summed E-state index contributed by atoms with van der Waals surface area (Å²) in [6, 6.07) is 6.21. The van der Waals surface area contributed by atoms with E-state index in [9.17, 15) is 13.2 Å². The maximum atomic E-state index is 12.9. The molecular weight excluding hydrogens is 328 g/mol. The zero-order valence-electron chi connectivity index (χ0n) is 13.7. The van der Waals surface area contributed by atoms with Crippen LogP contribution in [0.1, 0.15) is 41.9 Å². The lowest BCUT2D eigenvalue weighted by atomic mass is 9.99. The number of Topliss-reactive ketones (excluding diaryl/α,β-unsaturated/α-hetero) is 1. The smallest absolute Gasteiger partial charge is 0.243 e. The zero-order valence-corrected chi connectivity index (χ0v) is 14.5. The first-order valence-electron chi connectivity index (χ1n) is 7.84. The van der Waals surface area contributed by atoms with Crippen LogP contribution in [-0.2, 0) is 17.1 Å². The van der Waals surface area contributed by atoms with Crippen molar-refractivity contribution in [3.05, 3.63) is 42.0 Å². The maximum Gasteiger partial charge on any atom is 0.243 e. The first kappa shape index (κ1) is 16.8. The molecule has 0 amide bonds. The van der Waals surface area contributed by atoms with E-state index >= 15 is 0 Å². The number of rotatable bonds is 4. The molecule has 0 aliphatic carbocycles. The van der Waals surface area contributed by atoms with Crippen molar-refractivity contribution in [3.8, 4) is 0 Å². The fourth-order valence-corrected chi connectivity index (χ4v) is 4.63. The fourth-order valence-electron chi connectivity index (χ4n) is 3.06. The first-order chi connectivity index (χ1) is 11.4. The Kier molecular flexibility index (Phi) is 4.51. The number of aromatic nitrogens is 3. The molecule has 0 spiro atoms. The number of carbonyl (C=O) groups is 1. The Morgan fingerprint density at radius 2 is 2.12 bits per heavy atom. The van der Waals surface area contributed by atoms with E-state index in [-0.39, 0.29) is 16.6 Å². The van der Waals surface area contributed by atoms with E-state index in [0.29, 0.717) is 18.7 Å². The van der Waals surface area contributed by atoms with E-state index in [1.54, 1.807) is 18.5 Å². The van der Waals surface area contributed by atoms with E-state index in [1.165, 1.54) is 23.4 Å². The third kappa shape index (κ3) is 3.11. The average molecular weight is 348 g/mol. The molecule has 1 saturated heterocycles. The van der Waals surface area contributed by atoms with Crippen LogP contribution in [-0.4, -0.2) is 46.4 Å². The normalized spacial score (nSPS) is 19.3. The Morgan fingerprint density at radius 1 is 1.33 bits per heavy atom. The van der Waals surface area contributed by atoms with Crippen LogP contribution in [0, 0.1) is 0 Å². The summed E-state index contributed by atoms with van der Waals surface area (Å²) in [6.45, 7) is 2.27. The van der Waals surface area contributed by atoms with Crippen LogP contribution in [0.2, 0.25) is 0 Å². The van der Waals surface area contributed by atoms with Gasteiger partial charge in [-0.05, 0) is 31.9 Å². The maximum absolute atomic E-state index is 12.9. The van der Waals surface area contributed by atoms with Gasteiger partial charge in [-0.25, -0.2) is 8.42 Å². The van der Waals surface area contributed by atoms with Crippen LogP contribution < -0.4 is 0 Å². The van der Waals surface area contributed by atoms with Gasteiger partial charge in [0, 0.05) is 31.6 Å². The molecule has 128 valence electrons. The van der Waals surface area contributed by atoms with Crippen LogP contribution >= 0.6 is 0 Å². The molecule has 1 aliphatic heterocycles. The minimum absolute atomic E-state index is 0.0250. The summed E-state index contributed by atoms with van der Waals surface area (Å²) in [5.41, 5.74) is 0.401. The van der Waals surface area contributed by atoms with Gasteiger partial charge in [0.25, 0.3) is 0 Å². The van der Waals surface area contributed by atoms with Gasteiger partial charge in [-0.2, -0.15) is 4.31 Å². The highest BCUT2D eigenvalue weighted by Gasteiger charge is 2.32. The molecular formula is C16H20N4O3S. The molecule has 0 saturated carbocycles. The minimum atomic E-state index is -3.63. The summed E-state index contributed by atoms with van der Waals surface area (Å²) < 4.78 is 29.2. The molecule has 1 aromatic heterocycles.